The number of methoxy groups -OCH3 is 2. The SMILES string of the molecule is COc1ccc([C@@H]2ON2C(C)(C)C)cc1OC. The number of nitrogens with zero attached hydrogens (tertiary/aromatic N) is 1. The van der Waals surface area contributed by atoms with E-state index >= 15 is 0 Å². The van der Waals surface area contributed by atoms with Crippen LogP contribution in [0.3, 0.4) is 0 Å². The van der Waals surface area contributed by atoms with E-state index in [1.54, 1.807) is 14.2 Å². The van der Waals surface area contributed by atoms with Crippen molar-refractivity contribution in [2.75, 3.05) is 14.2 Å². The van der Waals surface area contributed by atoms with E-state index in [0.29, 0.717) is 0 Å². The van der Waals surface area contributed by atoms with Gasteiger partial charge < -0.3 is 9.47 Å². The van der Waals surface area contributed by atoms with Crippen molar-refractivity contribution in [1.82, 2.24) is 5.06 Å². The number of hydrogen-bond donors (Lipinski definition) is 0. The van der Waals surface area contributed by atoms with E-state index < -0.39 is 0 Å². The average Bonchev–Trinajstić information content (AvgIpc) is 3.07. The summed E-state index contributed by atoms with van der Waals surface area (Å²) in [5.74, 6) is 1.47. The molecule has 0 bridgehead atoms. The number of rotatable bonds is 3. The fourth-order valence-corrected chi connectivity index (χ4v) is 1.79. The monoisotopic (exact) mass is 237 g/mol. The minimum Gasteiger partial charge on any atom is -0.493 e. The van der Waals surface area contributed by atoms with Gasteiger partial charge in [-0.3, -0.25) is 4.84 Å². The van der Waals surface area contributed by atoms with Crippen molar-refractivity contribution in [1.29, 1.82) is 0 Å². The van der Waals surface area contributed by atoms with Crippen molar-refractivity contribution in [3.63, 3.8) is 0 Å². The predicted molar refractivity (Wildman–Crippen MR) is 65.0 cm³/mol. The molecule has 1 aliphatic rings. The van der Waals surface area contributed by atoms with Gasteiger partial charge in [-0.2, -0.15) is 0 Å². The molecule has 0 aromatic heterocycles. The third kappa shape index (κ3) is 2.37. The summed E-state index contributed by atoms with van der Waals surface area (Å²) in [6, 6.07) is 5.85. The number of hydroxylamine groups is 2. The quantitative estimate of drug-likeness (QED) is 0.757. The Hall–Kier alpha value is -1.26. The molecule has 1 aliphatic heterocycles. The van der Waals surface area contributed by atoms with E-state index in [1.807, 2.05) is 23.3 Å². The van der Waals surface area contributed by atoms with E-state index in [1.165, 1.54) is 0 Å². The fourth-order valence-electron chi connectivity index (χ4n) is 1.79. The molecule has 94 valence electrons. The van der Waals surface area contributed by atoms with Crippen molar-refractivity contribution in [2.24, 2.45) is 0 Å². The summed E-state index contributed by atoms with van der Waals surface area (Å²) < 4.78 is 10.5. The maximum absolute atomic E-state index is 5.58. The van der Waals surface area contributed by atoms with Gasteiger partial charge in [-0.15, -0.1) is 5.06 Å². The van der Waals surface area contributed by atoms with Gasteiger partial charge in [0.1, 0.15) is 0 Å². The van der Waals surface area contributed by atoms with Crippen LogP contribution in [0.15, 0.2) is 18.2 Å². The maximum atomic E-state index is 5.58. The summed E-state index contributed by atoms with van der Waals surface area (Å²) in [5, 5.41) is 1.97. The zero-order valence-electron chi connectivity index (χ0n) is 11.0. The summed E-state index contributed by atoms with van der Waals surface area (Å²) in [6.45, 7) is 6.36. The van der Waals surface area contributed by atoms with Gasteiger partial charge in [-0.1, -0.05) is 6.07 Å². The van der Waals surface area contributed by atoms with Gasteiger partial charge in [0.25, 0.3) is 0 Å². The van der Waals surface area contributed by atoms with Gasteiger partial charge in [0.2, 0.25) is 0 Å². The molecule has 2 rings (SSSR count). The van der Waals surface area contributed by atoms with Gasteiger partial charge in [0.15, 0.2) is 17.7 Å². The number of hydrogen-bond acceptors (Lipinski definition) is 4. The molecule has 1 saturated heterocycles. The Morgan fingerprint density at radius 2 is 1.76 bits per heavy atom. The Morgan fingerprint density at radius 3 is 2.24 bits per heavy atom. The minimum atomic E-state index is 0.0117. The Labute approximate surface area is 102 Å². The molecule has 17 heavy (non-hydrogen) atoms. The molecular formula is C13H19NO3. The van der Waals surface area contributed by atoms with Crippen molar-refractivity contribution in [3.05, 3.63) is 23.8 Å². The summed E-state index contributed by atoms with van der Waals surface area (Å²) in [6.07, 6.45) is 0.0230. The molecule has 0 N–H and O–H groups in total. The molecule has 4 nitrogen and oxygen atoms in total. The molecule has 1 unspecified atom stereocenters. The van der Waals surface area contributed by atoms with Crippen molar-refractivity contribution in [2.45, 2.75) is 32.5 Å². The van der Waals surface area contributed by atoms with Crippen LogP contribution >= 0.6 is 0 Å². The van der Waals surface area contributed by atoms with E-state index in [4.69, 9.17) is 14.3 Å². The highest BCUT2D eigenvalue weighted by Crippen LogP contribution is 2.45. The van der Waals surface area contributed by atoms with Crippen LogP contribution in [0.2, 0.25) is 0 Å². The van der Waals surface area contributed by atoms with Crippen molar-refractivity contribution < 1.29 is 14.3 Å². The molecule has 0 aliphatic carbocycles. The molecule has 1 aromatic rings. The third-order valence-corrected chi connectivity index (χ3v) is 2.73. The normalized spacial score (nSPS) is 23.4. The third-order valence-electron chi connectivity index (χ3n) is 2.73. The molecule has 2 atom stereocenters. The molecule has 0 spiro atoms. The lowest BCUT2D eigenvalue weighted by atomic mass is 10.1. The first kappa shape index (κ1) is 12.2. The number of ether oxygens (including phenoxy) is 2. The van der Waals surface area contributed by atoms with Crippen LogP contribution in [0.4, 0.5) is 0 Å². The zero-order chi connectivity index (χ0) is 12.6. The van der Waals surface area contributed by atoms with Crippen LogP contribution in [0, 0.1) is 0 Å². The predicted octanol–water partition coefficient (Wildman–Crippen LogP) is 2.75. The average molecular weight is 237 g/mol. The molecule has 0 radical (unpaired) electrons. The second-order valence-corrected chi connectivity index (χ2v) is 5.07. The summed E-state index contributed by atoms with van der Waals surface area (Å²) in [7, 11) is 3.27. The van der Waals surface area contributed by atoms with E-state index in [0.717, 1.165) is 17.1 Å². The lowest BCUT2D eigenvalue weighted by Gasteiger charge is -2.16. The Balaban J connectivity index is 2.19. The maximum Gasteiger partial charge on any atom is 0.180 e. The van der Waals surface area contributed by atoms with E-state index in [9.17, 15) is 0 Å². The minimum absolute atomic E-state index is 0.0117. The molecule has 1 aromatic carbocycles. The van der Waals surface area contributed by atoms with Crippen LogP contribution in [0.5, 0.6) is 11.5 Å². The Kier molecular flexibility index (Phi) is 3.02. The summed E-state index contributed by atoms with van der Waals surface area (Å²) >= 11 is 0. The summed E-state index contributed by atoms with van der Waals surface area (Å²) in [4.78, 5) is 5.58. The highest BCUT2D eigenvalue weighted by Gasteiger charge is 2.45. The second kappa shape index (κ2) is 4.20. The van der Waals surface area contributed by atoms with E-state index in [-0.39, 0.29) is 11.8 Å². The van der Waals surface area contributed by atoms with Crippen LogP contribution in [-0.4, -0.2) is 24.8 Å². The molecule has 0 amide bonds. The lowest BCUT2D eigenvalue weighted by molar-refractivity contribution is 0.101. The van der Waals surface area contributed by atoms with Crippen molar-refractivity contribution >= 4 is 0 Å². The summed E-state index contributed by atoms with van der Waals surface area (Å²) in [5.41, 5.74) is 1.09. The van der Waals surface area contributed by atoms with Gasteiger partial charge in [-0.05, 0) is 32.9 Å². The highest BCUT2D eigenvalue weighted by atomic mass is 16.8. The zero-order valence-corrected chi connectivity index (χ0v) is 11.0. The fraction of sp³-hybridized carbons (Fsp3) is 0.538. The molecule has 0 saturated carbocycles. The van der Waals surface area contributed by atoms with Gasteiger partial charge in [-0.25, -0.2) is 0 Å². The largest absolute Gasteiger partial charge is 0.493 e. The first-order valence-corrected chi connectivity index (χ1v) is 5.65. The van der Waals surface area contributed by atoms with Gasteiger partial charge >= 0.3 is 0 Å². The lowest BCUT2D eigenvalue weighted by Crippen LogP contribution is -2.25. The van der Waals surface area contributed by atoms with Crippen LogP contribution in [0.1, 0.15) is 32.6 Å². The van der Waals surface area contributed by atoms with Crippen LogP contribution < -0.4 is 9.47 Å². The molecule has 1 heterocycles. The second-order valence-electron chi connectivity index (χ2n) is 5.07. The highest BCUT2D eigenvalue weighted by molar-refractivity contribution is 5.43. The smallest absolute Gasteiger partial charge is 0.180 e. The Morgan fingerprint density at radius 1 is 1.12 bits per heavy atom. The Bertz CT molecular complexity index is 412. The molecule has 1 fully saturated rings. The van der Waals surface area contributed by atoms with Crippen molar-refractivity contribution in [3.8, 4) is 11.5 Å². The van der Waals surface area contributed by atoms with Crippen LogP contribution in [-0.2, 0) is 4.84 Å². The first-order chi connectivity index (χ1) is 7.97. The topological polar surface area (TPSA) is 34.0 Å². The standard InChI is InChI=1S/C13H19NO3/c1-13(2,3)14-12(17-14)9-6-7-10(15-4)11(8-9)16-5/h6-8,12H,1-5H3/t12-,14?/m0/s1. The van der Waals surface area contributed by atoms with Gasteiger partial charge in [0.05, 0.1) is 14.2 Å². The van der Waals surface area contributed by atoms with Crippen LogP contribution in [0.25, 0.3) is 0 Å². The van der Waals surface area contributed by atoms with Gasteiger partial charge in [0, 0.05) is 11.1 Å². The molecule has 4 heteroatoms. The first-order valence-electron chi connectivity index (χ1n) is 5.65. The van der Waals surface area contributed by atoms with E-state index in [2.05, 4.69) is 20.8 Å². The molecular weight excluding hydrogens is 218 g/mol. The number of benzene rings is 1.